The first-order chi connectivity index (χ1) is 12.0. The first-order valence-electron chi connectivity index (χ1n) is 7.72. The second-order valence-corrected chi connectivity index (χ2v) is 8.33. The van der Waals surface area contributed by atoms with E-state index in [0.29, 0.717) is 5.02 Å². The maximum atomic E-state index is 12.9. The van der Waals surface area contributed by atoms with E-state index in [0.717, 1.165) is 4.31 Å². The van der Waals surface area contributed by atoms with Gasteiger partial charge in [-0.15, -0.1) is 0 Å². The van der Waals surface area contributed by atoms with E-state index in [1.54, 1.807) is 0 Å². The van der Waals surface area contributed by atoms with Crippen LogP contribution in [-0.2, 0) is 19.6 Å². The predicted octanol–water partition coefficient (Wildman–Crippen LogP) is 2.17. The molecule has 0 saturated carbocycles. The summed E-state index contributed by atoms with van der Waals surface area (Å²) in [5.74, 6) is -1.35. The lowest BCUT2D eigenvalue weighted by atomic mass is 10.1. The number of nitrogens with two attached hydrogens (primary N) is 1. The molecule has 0 bridgehead atoms. The van der Waals surface area contributed by atoms with Crippen LogP contribution in [0.3, 0.4) is 0 Å². The first kappa shape index (κ1) is 20.9. The van der Waals surface area contributed by atoms with Gasteiger partial charge < -0.3 is 10.5 Å². The highest BCUT2D eigenvalue weighted by molar-refractivity contribution is 7.89. The third-order valence-electron chi connectivity index (χ3n) is 3.94. The van der Waals surface area contributed by atoms with Crippen LogP contribution in [0.25, 0.3) is 0 Å². The van der Waals surface area contributed by atoms with Crippen LogP contribution in [-0.4, -0.2) is 50.6 Å². The van der Waals surface area contributed by atoms with Gasteiger partial charge in [-0.05, 0) is 30.7 Å². The van der Waals surface area contributed by atoms with Crippen molar-refractivity contribution < 1.29 is 31.1 Å². The Morgan fingerprint density at radius 2 is 1.88 bits per heavy atom. The molecule has 1 aliphatic heterocycles. The number of carbonyl (C=O) groups is 1. The van der Waals surface area contributed by atoms with Crippen molar-refractivity contribution in [3.8, 4) is 0 Å². The molecule has 0 radical (unpaired) electrons. The highest BCUT2D eigenvalue weighted by atomic mass is 35.5. The van der Waals surface area contributed by atoms with Crippen LogP contribution in [0.4, 0.5) is 13.2 Å². The number of alkyl halides is 3. The van der Waals surface area contributed by atoms with Gasteiger partial charge in [0.1, 0.15) is 6.04 Å². The van der Waals surface area contributed by atoms with E-state index in [-0.39, 0.29) is 30.6 Å². The van der Waals surface area contributed by atoms with E-state index in [1.165, 1.54) is 24.3 Å². The Hall–Kier alpha value is -1.36. The lowest BCUT2D eigenvalue weighted by Gasteiger charge is -2.35. The Morgan fingerprint density at radius 3 is 2.31 bits per heavy atom. The smallest absolute Gasteiger partial charge is 0.381 e. The van der Waals surface area contributed by atoms with Crippen LogP contribution in [0.2, 0.25) is 5.02 Å². The molecular formula is C15H18ClF3N2O4S. The van der Waals surface area contributed by atoms with Crippen molar-refractivity contribution in [2.24, 2.45) is 11.7 Å². The molecular weight excluding hydrogens is 397 g/mol. The van der Waals surface area contributed by atoms with Crippen LogP contribution < -0.4 is 5.73 Å². The van der Waals surface area contributed by atoms with Gasteiger partial charge in [0.05, 0.1) is 18.1 Å². The fourth-order valence-corrected chi connectivity index (χ4v) is 4.34. The van der Waals surface area contributed by atoms with E-state index in [2.05, 4.69) is 0 Å². The monoisotopic (exact) mass is 414 g/mol. The molecule has 1 fully saturated rings. The molecule has 1 aromatic rings. The zero-order valence-corrected chi connectivity index (χ0v) is 15.1. The van der Waals surface area contributed by atoms with Crippen molar-refractivity contribution in [3.63, 3.8) is 0 Å². The zero-order valence-electron chi connectivity index (χ0n) is 13.6. The Labute approximate surface area is 154 Å². The Morgan fingerprint density at radius 1 is 1.31 bits per heavy atom. The number of halogens is 4. The number of benzene rings is 1. The van der Waals surface area contributed by atoms with Crippen LogP contribution in [0, 0.1) is 5.92 Å². The summed E-state index contributed by atoms with van der Waals surface area (Å²) in [6.45, 7) is 0.366. The number of rotatable bonds is 8. The molecule has 0 aliphatic carbocycles. The zero-order chi connectivity index (χ0) is 19.5. The number of ether oxygens (including phenoxy) is 1. The minimum Gasteiger partial charge on any atom is -0.381 e. The molecule has 2 rings (SSSR count). The molecule has 2 N–H and O–H groups in total. The molecule has 1 aromatic carbocycles. The number of amides is 1. The SMILES string of the molecule is NC(=O)[C@@H](CCC(F)(F)F)N(CC1COC1)S(=O)(=O)c1ccc(Cl)cc1. The van der Waals surface area contributed by atoms with E-state index >= 15 is 0 Å². The number of hydrogen-bond donors (Lipinski definition) is 1. The van der Waals surface area contributed by atoms with E-state index in [9.17, 15) is 26.4 Å². The highest BCUT2D eigenvalue weighted by Crippen LogP contribution is 2.28. The molecule has 0 unspecified atom stereocenters. The molecule has 1 heterocycles. The van der Waals surface area contributed by atoms with Crippen LogP contribution >= 0.6 is 11.6 Å². The van der Waals surface area contributed by atoms with Gasteiger partial charge in [-0.2, -0.15) is 17.5 Å². The third kappa shape index (κ3) is 5.32. The number of nitrogens with zero attached hydrogens (tertiary/aromatic N) is 1. The van der Waals surface area contributed by atoms with Gasteiger partial charge in [-0.3, -0.25) is 4.79 Å². The van der Waals surface area contributed by atoms with Gasteiger partial charge in [-0.25, -0.2) is 8.42 Å². The summed E-state index contributed by atoms with van der Waals surface area (Å²) >= 11 is 5.75. The summed E-state index contributed by atoms with van der Waals surface area (Å²) in [7, 11) is -4.25. The largest absolute Gasteiger partial charge is 0.389 e. The second kappa shape index (κ2) is 8.12. The normalized spacial score (nSPS) is 17.1. The topological polar surface area (TPSA) is 89.7 Å². The Balaban J connectivity index is 2.35. The maximum Gasteiger partial charge on any atom is 0.389 e. The molecule has 1 aliphatic rings. The van der Waals surface area contributed by atoms with Crippen LogP contribution in [0.1, 0.15) is 12.8 Å². The van der Waals surface area contributed by atoms with Gasteiger partial charge in [0.15, 0.2) is 0 Å². The summed E-state index contributed by atoms with van der Waals surface area (Å²) in [4.78, 5) is 11.6. The molecule has 26 heavy (non-hydrogen) atoms. The highest BCUT2D eigenvalue weighted by Gasteiger charge is 2.40. The van der Waals surface area contributed by atoms with Gasteiger partial charge >= 0.3 is 6.18 Å². The number of sulfonamides is 1. The fraction of sp³-hybridized carbons (Fsp3) is 0.533. The third-order valence-corrected chi connectivity index (χ3v) is 6.08. The van der Waals surface area contributed by atoms with E-state index < -0.39 is 41.0 Å². The average molecular weight is 415 g/mol. The van der Waals surface area contributed by atoms with Crippen molar-refractivity contribution in [3.05, 3.63) is 29.3 Å². The Bertz CT molecular complexity index is 736. The van der Waals surface area contributed by atoms with Crippen LogP contribution in [0.5, 0.6) is 0 Å². The molecule has 11 heteroatoms. The van der Waals surface area contributed by atoms with Crippen LogP contribution in [0.15, 0.2) is 29.2 Å². The quantitative estimate of drug-likeness (QED) is 0.706. The average Bonchev–Trinajstić information content (AvgIpc) is 2.47. The summed E-state index contributed by atoms with van der Waals surface area (Å²) in [5, 5.41) is 0.298. The first-order valence-corrected chi connectivity index (χ1v) is 9.54. The molecule has 1 atom stereocenters. The second-order valence-electron chi connectivity index (χ2n) is 6.00. The number of primary amides is 1. The van der Waals surface area contributed by atoms with Gasteiger partial charge in [-0.1, -0.05) is 11.6 Å². The van der Waals surface area contributed by atoms with Crippen molar-refractivity contribution in [1.82, 2.24) is 4.31 Å². The van der Waals surface area contributed by atoms with E-state index in [4.69, 9.17) is 22.1 Å². The fourth-order valence-electron chi connectivity index (χ4n) is 2.51. The minimum absolute atomic E-state index is 0.156. The molecule has 0 aromatic heterocycles. The standard InChI is InChI=1S/C15H18ClF3N2O4S/c16-11-1-3-12(4-2-11)26(23,24)21(7-10-8-25-9-10)13(14(20)22)5-6-15(17,18)19/h1-4,10,13H,5-9H2,(H2,20,22)/t13-/m1/s1. The number of hydrogen-bond acceptors (Lipinski definition) is 4. The summed E-state index contributed by atoms with van der Waals surface area (Å²) in [6, 6.07) is 3.52. The molecule has 146 valence electrons. The molecule has 0 spiro atoms. The molecule has 1 saturated heterocycles. The van der Waals surface area contributed by atoms with Gasteiger partial charge in [0.25, 0.3) is 0 Å². The summed E-state index contributed by atoms with van der Waals surface area (Å²) in [6.07, 6.45) is -6.61. The van der Waals surface area contributed by atoms with E-state index in [1.807, 2.05) is 0 Å². The Kier molecular flexibility index (Phi) is 6.54. The lowest BCUT2D eigenvalue weighted by molar-refractivity contribution is -0.140. The van der Waals surface area contributed by atoms with Gasteiger partial charge in [0.2, 0.25) is 15.9 Å². The lowest BCUT2D eigenvalue weighted by Crippen LogP contribution is -2.52. The van der Waals surface area contributed by atoms with Gasteiger partial charge in [0, 0.05) is 23.9 Å². The maximum absolute atomic E-state index is 12.9. The molecule has 6 nitrogen and oxygen atoms in total. The summed E-state index contributed by atoms with van der Waals surface area (Å²) < 4.78 is 69.4. The van der Waals surface area contributed by atoms with Crippen molar-refractivity contribution in [2.45, 2.75) is 30.0 Å². The van der Waals surface area contributed by atoms with Crippen molar-refractivity contribution in [1.29, 1.82) is 0 Å². The summed E-state index contributed by atoms with van der Waals surface area (Å²) in [5.41, 5.74) is 5.24. The molecule has 1 amide bonds. The predicted molar refractivity (Wildman–Crippen MR) is 87.9 cm³/mol. The number of carbonyl (C=O) groups excluding carboxylic acids is 1. The van der Waals surface area contributed by atoms with Crippen molar-refractivity contribution in [2.75, 3.05) is 19.8 Å². The van der Waals surface area contributed by atoms with Crippen molar-refractivity contribution >= 4 is 27.5 Å². The minimum atomic E-state index is -4.54.